The molecule has 1 aromatic heterocycles. The zero-order chi connectivity index (χ0) is 14.0. The van der Waals surface area contributed by atoms with Crippen LogP contribution < -0.4 is 10.2 Å². The largest absolute Gasteiger partial charge is 0.377 e. The molecular formula is C14H24N4O. The molecule has 1 saturated heterocycles. The van der Waals surface area contributed by atoms with Crippen molar-refractivity contribution in [2.24, 2.45) is 0 Å². The molecule has 0 atom stereocenters. The molecule has 0 spiro atoms. The summed E-state index contributed by atoms with van der Waals surface area (Å²) in [7, 11) is 1.89. The molecule has 0 aromatic carbocycles. The van der Waals surface area contributed by atoms with Crippen LogP contribution in [0.2, 0.25) is 0 Å². The van der Waals surface area contributed by atoms with Crippen LogP contribution in [0.25, 0.3) is 0 Å². The topological polar surface area (TPSA) is 50.3 Å². The molecule has 1 N–H and O–H groups in total. The van der Waals surface area contributed by atoms with Crippen LogP contribution in [0.1, 0.15) is 39.4 Å². The molecule has 5 heteroatoms. The highest BCUT2D eigenvalue weighted by molar-refractivity contribution is 5.51. The van der Waals surface area contributed by atoms with Crippen LogP contribution >= 0.6 is 0 Å². The van der Waals surface area contributed by atoms with E-state index < -0.39 is 0 Å². The third-order valence-corrected chi connectivity index (χ3v) is 3.42. The van der Waals surface area contributed by atoms with Crippen LogP contribution in [-0.4, -0.2) is 42.3 Å². The van der Waals surface area contributed by atoms with Gasteiger partial charge in [0.1, 0.15) is 17.5 Å². The lowest BCUT2D eigenvalue weighted by Crippen LogP contribution is -2.53. The molecule has 1 aliphatic heterocycles. The van der Waals surface area contributed by atoms with E-state index in [1.54, 1.807) is 0 Å². The monoisotopic (exact) mass is 264 g/mol. The van der Waals surface area contributed by atoms with Gasteiger partial charge in [0.2, 0.25) is 0 Å². The Morgan fingerprint density at radius 2 is 2.11 bits per heavy atom. The van der Waals surface area contributed by atoms with Crippen molar-refractivity contribution in [3.63, 3.8) is 0 Å². The highest BCUT2D eigenvalue weighted by Crippen LogP contribution is 2.28. The maximum Gasteiger partial charge on any atom is 0.135 e. The van der Waals surface area contributed by atoms with E-state index in [4.69, 9.17) is 9.72 Å². The summed E-state index contributed by atoms with van der Waals surface area (Å²) in [5.74, 6) is 3.05. The number of anilines is 2. The van der Waals surface area contributed by atoms with Crippen molar-refractivity contribution >= 4 is 11.6 Å². The number of hydrogen-bond donors (Lipinski definition) is 1. The molecule has 2 rings (SSSR count). The lowest BCUT2D eigenvalue weighted by molar-refractivity contribution is 0.0639. The Hall–Kier alpha value is -1.36. The molecule has 2 heterocycles. The van der Waals surface area contributed by atoms with E-state index in [1.807, 2.05) is 13.1 Å². The van der Waals surface area contributed by atoms with Crippen LogP contribution in [0.3, 0.4) is 0 Å². The molecule has 0 radical (unpaired) electrons. The van der Waals surface area contributed by atoms with E-state index in [0.717, 1.165) is 37.2 Å². The number of nitrogens with one attached hydrogen (secondary N) is 1. The number of hydrogen-bond acceptors (Lipinski definition) is 5. The summed E-state index contributed by atoms with van der Waals surface area (Å²) in [6.45, 7) is 10.9. The highest BCUT2D eigenvalue weighted by atomic mass is 16.5. The molecule has 0 saturated carbocycles. The summed E-state index contributed by atoms with van der Waals surface area (Å²) in [6.07, 6.45) is 0. The van der Waals surface area contributed by atoms with Gasteiger partial charge in [-0.05, 0) is 13.8 Å². The van der Waals surface area contributed by atoms with E-state index in [1.165, 1.54) is 0 Å². The van der Waals surface area contributed by atoms with Gasteiger partial charge in [-0.25, -0.2) is 9.97 Å². The first-order valence-electron chi connectivity index (χ1n) is 6.86. The molecule has 5 nitrogen and oxygen atoms in total. The third kappa shape index (κ3) is 2.97. The minimum absolute atomic E-state index is 0.0358. The molecular weight excluding hydrogens is 240 g/mol. The molecule has 1 aromatic rings. The van der Waals surface area contributed by atoms with E-state index >= 15 is 0 Å². The first-order valence-corrected chi connectivity index (χ1v) is 6.86. The van der Waals surface area contributed by atoms with Gasteiger partial charge < -0.3 is 15.0 Å². The second kappa shape index (κ2) is 5.33. The van der Waals surface area contributed by atoms with Gasteiger partial charge in [0.25, 0.3) is 0 Å². The average Bonchev–Trinajstić information content (AvgIpc) is 2.37. The lowest BCUT2D eigenvalue weighted by atomic mass is 10.0. The Morgan fingerprint density at radius 1 is 1.37 bits per heavy atom. The fourth-order valence-corrected chi connectivity index (χ4v) is 2.26. The van der Waals surface area contributed by atoms with E-state index in [9.17, 15) is 0 Å². The van der Waals surface area contributed by atoms with Crippen molar-refractivity contribution in [1.82, 2.24) is 9.97 Å². The van der Waals surface area contributed by atoms with Crippen molar-refractivity contribution in [3.8, 4) is 0 Å². The van der Waals surface area contributed by atoms with Gasteiger partial charge in [-0.15, -0.1) is 0 Å². The fourth-order valence-electron chi connectivity index (χ4n) is 2.26. The average molecular weight is 264 g/mol. The van der Waals surface area contributed by atoms with Gasteiger partial charge in [0.05, 0.1) is 18.8 Å². The summed E-state index contributed by atoms with van der Waals surface area (Å²) < 4.78 is 5.57. The lowest BCUT2D eigenvalue weighted by Gasteiger charge is -2.43. The van der Waals surface area contributed by atoms with Gasteiger partial charge in [0, 0.05) is 25.6 Å². The Morgan fingerprint density at radius 3 is 2.68 bits per heavy atom. The predicted octanol–water partition coefficient (Wildman–Crippen LogP) is 2.26. The van der Waals surface area contributed by atoms with Crippen molar-refractivity contribution in [2.75, 3.05) is 37.0 Å². The normalized spacial score (nSPS) is 18.7. The maximum absolute atomic E-state index is 5.57. The summed E-state index contributed by atoms with van der Waals surface area (Å²) in [5, 5.41) is 3.12. The van der Waals surface area contributed by atoms with Crippen molar-refractivity contribution in [3.05, 3.63) is 11.9 Å². The zero-order valence-electron chi connectivity index (χ0n) is 12.5. The van der Waals surface area contributed by atoms with Gasteiger partial charge >= 0.3 is 0 Å². The minimum Gasteiger partial charge on any atom is -0.377 e. The number of ether oxygens (including phenoxy) is 1. The SMILES string of the molecule is CNc1cc(N2CCOCC2(C)C)nc(C(C)C)n1. The molecule has 19 heavy (non-hydrogen) atoms. The number of rotatable bonds is 3. The third-order valence-electron chi connectivity index (χ3n) is 3.42. The first kappa shape index (κ1) is 14.1. The molecule has 106 valence electrons. The molecule has 1 aliphatic rings. The molecule has 0 bridgehead atoms. The summed E-state index contributed by atoms with van der Waals surface area (Å²) >= 11 is 0. The fraction of sp³-hybridized carbons (Fsp3) is 0.714. The number of nitrogens with zero attached hydrogens (tertiary/aromatic N) is 3. The Kier molecular flexibility index (Phi) is 3.94. The van der Waals surface area contributed by atoms with Gasteiger partial charge in [-0.2, -0.15) is 0 Å². The molecule has 0 aliphatic carbocycles. The summed E-state index contributed by atoms with van der Waals surface area (Å²) in [5.41, 5.74) is -0.0358. The number of aromatic nitrogens is 2. The van der Waals surface area contributed by atoms with Crippen LogP contribution in [0.4, 0.5) is 11.6 Å². The quantitative estimate of drug-likeness (QED) is 0.907. The van der Waals surface area contributed by atoms with Crippen molar-refractivity contribution < 1.29 is 4.74 Å². The smallest absolute Gasteiger partial charge is 0.135 e. The van der Waals surface area contributed by atoms with Crippen molar-refractivity contribution in [2.45, 2.75) is 39.2 Å². The minimum atomic E-state index is -0.0358. The molecule has 0 unspecified atom stereocenters. The standard InChI is InChI=1S/C14H24N4O/c1-10(2)13-16-11(15-5)8-12(17-13)18-6-7-19-9-14(18,3)4/h8,10H,6-7,9H2,1-5H3,(H,15,16,17). The van der Waals surface area contributed by atoms with Crippen molar-refractivity contribution in [1.29, 1.82) is 0 Å². The number of morpholine rings is 1. The van der Waals surface area contributed by atoms with E-state index in [-0.39, 0.29) is 5.54 Å². The van der Waals surface area contributed by atoms with Gasteiger partial charge in [-0.1, -0.05) is 13.8 Å². The Balaban J connectivity index is 2.40. The van der Waals surface area contributed by atoms with Gasteiger partial charge in [-0.3, -0.25) is 0 Å². The first-order chi connectivity index (χ1) is 8.94. The van der Waals surface area contributed by atoms with Gasteiger partial charge in [0.15, 0.2) is 0 Å². The predicted molar refractivity (Wildman–Crippen MR) is 77.9 cm³/mol. The van der Waals surface area contributed by atoms with E-state index in [2.05, 4.69) is 42.9 Å². The molecule has 1 fully saturated rings. The van der Waals surface area contributed by atoms with E-state index in [0.29, 0.717) is 5.92 Å². The maximum atomic E-state index is 5.57. The highest BCUT2D eigenvalue weighted by Gasteiger charge is 2.32. The second-order valence-corrected chi connectivity index (χ2v) is 5.89. The molecule has 0 amide bonds. The second-order valence-electron chi connectivity index (χ2n) is 5.89. The van der Waals surface area contributed by atoms with Crippen LogP contribution in [0.5, 0.6) is 0 Å². The van der Waals surface area contributed by atoms with Crippen LogP contribution in [-0.2, 0) is 4.74 Å². The van der Waals surface area contributed by atoms with Crippen LogP contribution in [0.15, 0.2) is 6.07 Å². The summed E-state index contributed by atoms with van der Waals surface area (Å²) in [4.78, 5) is 11.5. The summed E-state index contributed by atoms with van der Waals surface area (Å²) in [6, 6.07) is 2.01. The Bertz CT molecular complexity index is 445. The Labute approximate surface area is 115 Å². The van der Waals surface area contributed by atoms with Crippen LogP contribution in [0, 0.1) is 0 Å². The zero-order valence-corrected chi connectivity index (χ0v) is 12.5.